The molecule has 0 aliphatic heterocycles. The molecule has 0 fully saturated rings. The minimum Gasteiger partial charge on any atom is -0.307 e. The van der Waals surface area contributed by atoms with Crippen molar-refractivity contribution >= 4 is 29.4 Å². The van der Waals surface area contributed by atoms with Crippen molar-refractivity contribution in [1.82, 2.24) is 0 Å². The molecule has 0 spiro atoms. The summed E-state index contributed by atoms with van der Waals surface area (Å²) in [5.74, 6) is 0. The molecule has 0 radical (unpaired) electrons. The summed E-state index contributed by atoms with van der Waals surface area (Å²) < 4.78 is 0. The van der Waals surface area contributed by atoms with Crippen molar-refractivity contribution in [3.8, 4) is 0 Å². The van der Waals surface area contributed by atoms with E-state index < -0.39 is 0 Å². The van der Waals surface area contributed by atoms with Crippen LogP contribution in [-0.4, -0.2) is 50.5 Å². The molecule has 168 valence electrons. The van der Waals surface area contributed by atoms with Gasteiger partial charge in [-0.15, -0.1) is 15.8 Å². The van der Waals surface area contributed by atoms with Crippen LogP contribution >= 0.6 is 15.8 Å². The SMILES string of the molecule is C=O.C=O.CCCCCCP(CCC)CCP(CCC)CCCCCC.[Ni]. The molecule has 5 heteroatoms. The first-order valence-corrected chi connectivity index (χ1v) is 14.6. The second kappa shape index (κ2) is 34.2. The van der Waals surface area contributed by atoms with E-state index in [-0.39, 0.29) is 16.5 Å². The Bertz CT molecular complexity index is 222. The Hall–Kier alpha value is 0.694. The fourth-order valence-corrected chi connectivity index (χ4v) is 9.32. The molecule has 0 saturated carbocycles. The third-order valence-electron chi connectivity index (χ3n) is 4.47. The van der Waals surface area contributed by atoms with Gasteiger partial charge in [-0.25, -0.2) is 0 Å². The van der Waals surface area contributed by atoms with Crippen LogP contribution in [0, 0.1) is 0 Å². The van der Waals surface area contributed by atoms with Crippen molar-refractivity contribution in [2.45, 2.75) is 91.9 Å². The molecule has 2 nitrogen and oxygen atoms in total. The van der Waals surface area contributed by atoms with Crippen LogP contribution in [-0.2, 0) is 26.1 Å². The Morgan fingerprint density at radius 2 is 0.778 bits per heavy atom. The molecule has 0 N–H and O–H groups in total. The minimum atomic E-state index is 0. The molecule has 27 heavy (non-hydrogen) atoms. The Balaban J connectivity index is -0.000000492. The van der Waals surface area contributed by atoms with Crippen LogP contribution in [0.5, 0.6) is 0 Å². The van der Waals surface area contributed by atoms with Gasteiger partial charge in [0.15, 0.2) is 0 Å². The predicted octanol–water partition coefficient (Wildman–Crippen LogP) is 7.56. The van der Waals surface area contributed by atoms with Crippen LogP contribution in [0.4, 0.5) is 0 Å². The van der Waals surface area contributed by atoms with Gasteiger partial charge in [0.25, 0.3) is 0 Å². The molecule has 0 aromatic carbocycles. The first-order valence-electron chi connectivity index (χ1n) is 10.8. The maximum atomic E-state index is 8.00. The summed E-state index contributed by atoms with van der Waals surface area (Å²) in [5, 5.41) is 0. The summed E-state index contributed by atoms with van der Waals surface area (Å²) in [6.07, 6.45) is 24.0. The van der Waals surface area contributed by atoms with Gasteiger partial charge in [0.05, 0.1) is 0 Å². The van der Waals surface area contributed by atoms with Crippen molar-refractivity contribution in [3.63, 3.8) is 0 Å². The maximum Gasteiger partial charge on any atom is 0.106 e. The predicted molar refractivity (Wildman–Crippen MR) is 126 cm³/mol. The van der Waals surface area contributed by atoms with Crippen LogP contribution in [0.3, 0.4) is 0 Å². The first-order chi connectivity index (χ1) is 12.8. The second-order valence-electron chi connectivity index (χ2n) is 6.80. The molecular formula is C22H48NiO2P2. The van der Waals surface area contributed by atoms with Gasteiger partial charge in [0, 0.05) is 16.5 Å². The number of hydrogen-bond donors (Lipinski definition) is 0. The average Bonchev–Trinajstić information content (AvgIpc) is 2.69. The van der Waals surface area contributed by atoms with E-state index in [0.717, 1.165) is 0 Å². The summed E-state index contributed by atoms with van der Waals surface area (Å²) in [7, 11) is 0.748. The van der Waals surface area contributed by atoms with E-state index in [0.29, 0.717) is 15.8 Å². The second-order valence-corrected chi connectivity index (χ2v) is 12.2. The van der Waals surface area contributed by atoms with Crippen molar-refractivity contribution in [2.24, 2.45) is 0 Å². The monoisotopic (exact) mass is 464 g/mol. The number of hydrogen-bond acceptors (Lipinski definition) is 2. The van der Waals surface area contributed by atoms with Crippen LogP contribution in [0.2, 0.25) is 0 Å². The van der Waals surface area contributed by atoms with E-state index in [9.17, 15) is 0 Å². The van der Waals surface area contributed by atoms with Crippen molar-refractivity contribution in [3.05, 3.63) is 0 Å². The van der Waals surface area contributed by atoms with E-state index in [1.54, 1.807) is 37.0 Å². The quantitative estimate of drug-likeness (QED) is 0.126. The third kappa shape index (κ3) is 29.0. The molecule has 0 bridgehead atoms. The van der Waals surface area contributed by atoms with E-state index in [1.165, 1.54) is 64.2 Å². The molecule has 0 rings (SSSR count). The largest absolute Gasteiger partial charge is 0.307 e. The van der Waals surface area contributed by atoms with Gasteiger partial charge in [0.2, 0.25) is 0 Å². The summed E-state index contributed by atoms with van der Waals surface area (Å²) in [6, 6.07) is 0. The Morgan fingerprint density at radius 3 is 1.04 bits per heavy atom. The maximum absolute atomic E-state index is 8.00. The zero-order valence-electron chi connectivity index (χ0n) is 18.8. The minimum absolute atomic E-state index is 0. The van der Waals surface area contributed by atoms with Crippen LogP contribution in [0.15, 0.2) is 0 Å². The molecule has 0 aliphatic carbocycles. The number of rotatable bonds is 17. The molecule has 0 aliphatic rings. The summed E-state index contributed by atoms with van der Waals surface area (Å²) in [6.45, 7) is 13.4. The smallest absolute Gasteiger partial charge is 0.106 e. The van der Waals surface area contributed by atoms with E-state index in [4.69, 9.17) is 9.59 Å². The summed E-state index contributed by atoms with van der Waals surface area (Å²) >= 11 is 0. The number of unbranched alkanes of at least 4 members (excludes halogenated alkanes) is 6. The van der Waals surface area contributed by atoms with Gasteiger partial charge in [0.1, 0.15) is 13.6 Å². The zero-order valence-corrected chi connectivity index (χ0v) is 21.5. The van der Waals surface area contributed by atoms with Crippen LogP contribution in [0.25, 0.3) is 0 Å². The fraction of sp³-hybridized carbons (Fsp3) is 0.909. The molecule has 0 amide bonds. The van der Waals surface area contributed by atoms with Gasteiger partial charge in [-0.1, -0.05) is 79.1 Å². The molecule has 0 heterocycles. The van der Waals surface area contributed by atoms with E-state index in [1.807, 2.05) is 13.6 Å². The van der Waals surface area contributed by atoms with Crippen molar-refractivity contribution < 1.29 is 26.1 Å². The van der Waals surface area contributed by atoms with E-state index in [2.05, 4.69) is 27.7 Å². The van der Waals surface area contributed by atoms with Crippen LogP contribution < -0.4 is 0 Å². The molecule has 0 saturated heterocycles. The first kappa shape index (κ1) is 35.2. The third-order valence-corrected chi connectivity index (χ3v) is 10.6. The van der Waals surface area contributed by atoms with Gasteiger partial charge in [-0.2, -0.15) is 0 Å². The number of carbonyl (C=O) groups excluding carboxylic acids is 2. The normalized spacial score (nSPS) is 11.9. The fourth-order valence-electron chi connectivity index (χ4n) is 3.11. The summed E-state index contributed by atoms with van der Waals surface area (Å²) in [5.41, 5.74) is 0. The number of carbonyl (C=O) groups is 2. The van der Waals surface area contributed by atoms with Crippen molar-refractivity contribution in [1.29, 1.82) is 0 Å². The Labute approximate surface area is 184 Å². The van der Waals surface area contributed by atoms with Gasteiger partial charge >= 0.3 is 0 Å². The van der Waals surface area contributed by atoms with Crippen molar-refractivity contribution in [2.75, 3.05) is 37.0 Å². The standard InChI is InChI=1S/C20H44P2.2CH2O.Ni/c1-5-9-11-13-17-21(15-7-3)19-20-22(16-8-4)18-14-12-10-6-2;2*1-2;/h5-20H2,1-4H3;2*1H2;. The summed E-state index contributed by atoms with van der Waals surface area (Å²) in [4.78, 5) is 16.0. The molecule has 0 aromatic rings. The van der Waals surface area contributed by atoms with Gasteiger partial charge < -0.3 is 9.59 Å². The van der Waals surface area contributed by atoms with Gasteiger partial charge in [-0.3, -0.25) is 0 Å². The molecule has 2 unspecified atom stereocenters. The zero-order chi connectivity index (χ0) is 20.5. The molecule has 2 atom stereocenters. The molecular weight excluding hydrogens is 417 g/mol. The van der Waals surface area contributed by atoms with E-state index >= 15 is 0 Å². The van der Waals surface area contributed by atoms with Gasteiger partial charge in [-0.05, 0) is 49.8 Å². The average molecular weight is 465 g/mol. The molecule has 0 aromatic heterocycles. The Morgan fingerprint density at radius 1 is 0.444 bits per heavy atom. The topological polar surface area (TPSA) is 34.1 Å². The Kier molecular flexibility index (Phi) is 44.5. The van der Waals surface area contributed by atoms with Crippen LogP contribution in [0.1, 0.15) is 91.9 Å².